The molecule has 0 radical (unpaired) electrons. The molecule has 0 amide bonds. The van der Waals surface area contributed by atoms with E-state index in [1.807, 2.05) is 0 Å². The van der Waals surface area contributed by atoms with Crippen LogP contribution in [-0.2, 0) is 0 Å². The van der Waals surface area contributed by atoms with Gasteiger partial charge in [0.2, 0.25) is 0 Å². The fourth-order valence-electron chi connectivity index (χ4n) is 1.18. The van der Waals surface area contributed by atoms with Crippen LogP contribution in [0.1, 0.15) is 5.56 Å². The fraction of sp³-hybridized carbons (Fsp3) is 0.400. The maximum Gasteiger partial charge on any atom is 0.272 e. The summed E-state index contributed by atoms with van der Waals surface area (Å²) in [4.78, 5) is 10.1. The number of aliphatic hydroxyl groups is 1. The van der Waals surface area contributed by atoms with Gasteiger partial charge in [0.25, 0.3) is 5.69 Å². The van der Waals surface area contributed by atoms with Gasteiger partial charge in [-0.05, 0) is 19.1 Å². The Balaban J connectivity index is 2.70. The quantitative estimate of drug-likeness (QED) is 0.566. The van der Waals surface area contributed by atoms with E-state index in [0.29, 0.717) is 11.3 Å². The summed E-state index contributed by atoms with van der Waals surface area (Å²) in [5.41, 5.74) is 5.78. The highest BCUT2D eigenvalue weighted by Crippen LogP contribution is 2.22. The predicted molar refractivity (Wildman–Crippen MR) is 58.4 cm³/mol. The van der Waals surface area contributed by atoms with Gasteiger partial charge in [-0.3, -0.25) is 10.1 Å². The molecular formula is C10H14N2O4. The van der Waals surface area contributed by atoms with Gasteiger partial charge in [-0.2, -0.15) is 0 Å². The highest BCUT2D eigenvalue weighted by atomic mass is 16.6. The van der Waals surface area contributed by atoms with Crippen LogP contribution in [0.3, 0.4) is 0 Å². The van der Waals surface area contributed by atoms with Crippen molar-refractivity contribution in [3.8, 4) is 5.75 Å². The second-order valence-electron chi connectivity index (χ2n) is 3.41. The maximum absolute atomic E-state index is 10.6. The van der Waals surface area contributed by atoms with Crippen molar-refractivity contribution in [1.29, 1.82) is 0 Å². The van der Waals surface area contributed by atoms with Crippen LogP contribution in [0.25, 0.3) is 0 Å². The molecule has 1 aromatic rings. The zero-order chi connectivity index (χ0) is 12.1. The topological polar surface area (TPSA) is 98.6 Å². The zero-order valence-corrected chi connectivity index (χ0v) is 8.92. The molecule has 6 nitrogen and oxygen atoms in total. The Morgan fingerprint density at radius 2 is 2.31 bits per heavy atom. The van der Waals surface area contributed by atoms with Crippen molar-refractivity contribution in [2.45, 2.75) is 13.0 Å². The summed E-state index contributed by atoms with van der Waals surface area (Å²) < 4.78 is 5.22. The number of hydrogen-bond acceptors (Lipinski definition) is 5. The van der Waals surface area contributed by atoms with Crippen LogP contribution in [0.15, 0.2) is 18.2 Å². The molecule has 0 aliphatic carbocycles. The molecule has 3 N–H and O–H groups in total. The first-order valence-electron chi connectivity index (χ1n) is 4.80. The Kier molecular flexibility index (Phi) is 4.21. The lowest BCUT2D eigenvalue weighted by Gasteiger charge is -2.10. The van der Waals surface area contributed by atoms with E-state index < -0.39 is 11.0 Å². The molecule has 0 spiro atoms. The summed E-state index contributed by atoms with van der Waals surface area (Å²) in [6, 6.07) is 4.43. The Morgan fingerprint density at radius 3 is 2.81 bits per heavy atom. The molecule has 88 valence electrons. The van der Waals surface area contributed by atoms with Gasteiger partial charge in [-0.15, -0.1) is 0 Å². The van der Waals surface area contributed by atoms with Crippen LogP contribution in [0.5, 0.6) is 5.75 Å². The number of ether oxygens (including phenoxy) is 1. The van der Waals surface area contributed by atoms with Crippen LogP contribution in [0.2, 0.25) is 0 Å². The van der Waals surface area contributed by atoms with E-state index in [1.165, 1.54) is 12.1 Å². The highest BCUT2D eigenvalue weighted by Gasteiger charge is 2.11. The number of nitro benzene ring substituents is 1. The largest absolute Gasteiger partial charge is 0.491 e. The van der Waals surface area contributed by atoms with Gasteiger partial charge < -0.3 is 15.6 Å². The van der Waals surface area contributed by atoms with E-state index >= 15 is 0 Å². The summed E-state index contributed by atoms with van der Waals surface area (Å²) in [5, 5.41) is 19.7. The normalized spacial score (nSPS) is 12.2. The zero-order valence-electron chi connectivity index (χ0n) is 8.92. The molecule has 0 saturated heterocycles. The van der Waals surface area contributed by atoms with Gasteiger partial charge in [0.05, 0.1) is 4.92 Å². The van der Waals surface area contributed by atoms with Crippen molar-refractivity contribution in [1.82, 2.24) is 0 Å². The van der Waals surface area contributed by atoms with E-state index in [2.05, 4.69) is 0 Å². The van der Waals surface area contributed by atoms with Crippen LogP contribution >= 0.6 is 0 Å². The van der Waals surface area contributed by atoms with Crippen molar-refractivity contribution in [2.24, 2.45) is 5.73 Å². The second kappa shape index (κ2) is 5.43. The number of nitrogens with zero attached hydrogens (tertiary/aromatic N) is 1. The summed E-state index contributed by atoms with van der Waals surface area (Å²) in [6.07, 6.45) is -0.726. The Bertz CT molecular complexity index is 381. The number of benzene rings is 1. The number of aryl methyl sites for hydroxylation is 1. The van der Waals surface area contributed by atoms with Crippen LogP contribution in [0, 0.1) is 17.0 Å². The third kappa shape index (κ3) is 3.18. The minimum atomic E-state index is -0.726. The summed E-state index contributed by atoms with van der Waals surface area (Å²) in [5.74, 6) is 0.482. The SMILES string of the molecule is Cc1cc(OCC(O)CN)ccc1[N+](=O)[O-]. The average Bonchev–Trinajstić information content (AvgIpc) is 2.25. The first-order chi connectivity index (χ1) is 7.54. The van der Waals surface area contributed by atoms with E-state index in [4.69, 9.17) is 10.5 Å². The van der Waals surface area contributed by atoms with Crippen molar-refractivity contribution in [3.63, 3.8) is 0 Å². The van der Waals surface area contributed by atoms with E-state index in [-0.39, 0.29) is 18.8 Å². The molecule has 0 fully saturated rings. The van der Waals surface area contributed by atoms with Gasteiger partial charge in [-0.1, -0.05) is 0 Å². The van der Waals surface area contributed by atoms with Gasteiger partial charge in [0.15, 0.2) is 0 Å². The lowest BCUT2D eigenvalue weighted by molar-refractivity contribution is -0.385. The fourth-order valence-corrected chi connectivity index (χ4v) is 1.18. The van der Waals surface area contributed by atoms with Gasteiger partial charge in [-0.25, -0.2) is 0 Å². The molecule has 1 rings (SSSR count). The standard InChI is InChI=1S/C10H14N2O4/c1-7-4-9(16-6-8(13)5-11)2-3-10(7)12(14)15/h2-4,8,13H,5-6,11H2,1H3. The number of rotatable bonds is 5. The molecule has 0 aromatic heterocycles. The van der Waals surface area contributed by atoms with E-state index in [0.717, 1.165) is 0 Å². The molecule has 1 atom stereocenters. The molecule has 0 bridgehead atoms. The van der Waals surface area contributed by atoms with Crippen LogP contribution in [0.4, 0.5) is 5.69 Å². The van der Waals surface area contributed by atoms with Crippen molar-refractivity contribution in [3.05, 3.63) is 33.9 Å². The van der Waals surface area contributed by atoms with Crippen molar-refractivity contribution in [2.75, 3.05) is 13.2 Å². The molecule has 1 aromatic carbocycles. The smallest absolute Gasteiger partial charge is 0.272 e. The molecule has 1 unspecified atom stereocenters. The van der Waals surface area contributed by atoms with Crippen LogP contribution in [-0.4, -0.2) is 29.3 Å². The predicted octanol–water partition coefficient (Wildman–Crippen LogP) is 0.602. The lowest BCUT2D eigenvalue weighted by atomic mass is 10.2. The van der Waals surface area contributed by atoms with E-state index in [9.17, 15) is 15.2 Å². The summed E-state index contributed by atoms with van der Waals surface area (Å²) in [7, 11) is 0. The highest BCUT2D eigenvalue weighted by molar-refractivity contribution is 5.44. The number of nitro groups is 1. The molecular weight excluding hydrogens is 212 g/mol. The Morgan fingerprint density at radius 1 is 1.62 bits per heavy atom. The Hall–Kier alpha value is -1.66. The number of nitrogens with two attached hydrogens (primary N) is 1. The minimum absolute atomic E-state index is 0.0479. The lowest BCUT2D eigenvalue weighted by Crippen LogP contribution is -2.26. The van der Waals surface area contributed by atoms with Gasteiger partial charge in [0, 0.05) is 18.2 Å². The van der Waals surface area contributed by atoms with Crippen molar-refractivity contribution >= 4 is 5.69 Å². The van der Waals surface area contributed by atoms with Crippen LogP contribution < -0.4 is 10.5 Å². The second-order valence-corrected chi connectivity index (χ2v) is 3.41. The molecule has 0 heterocycles. The summed E-state index contributed by atoms with van der Waals surface area (Å²) >= 11 is 0. The van der Waals surface area contributed by atoms with Gasteiger partial charge in [0.1, 0.15) is 18.5 Å². The third-order valence-electron chi connectivity index (χ3n) is 2.08. The average molecular weight is 226 g/mol. The maximum atomic E-state index is 10.6. The number of aliphatic hydroxyl groups excluding tert-OH is 1. The Labute approximate surface area is 92.8 Å². The molecule has 0 saturated carbocycles. The molecule has 6 heteroatoms. The summed E-state index contributed by atoms with van der Waals surface area (Å²) in [6.45, 7) is 1.82. The monoisotopic (exact) mass is 226 g/mol. The first-order valence-corrected chi connectivity index (χ1v) is 4.80. The third-order valence-corrected chi connectivity index (χ3v) is 2.08. The first kappa shape index (κ1) is 12.4. The molecule has 0 aliphatic heterocycles. The van der Waals surface area contributed by atoms with E-state index in [1.54, 1.807) is 13.0 Å². The number of hydrogen-bond donors (Lipinski definition) is 2. The molecule has 16 heavy (non-hydrogen) atoms. The minimum Gasteiger partial charge on any atom is -0.491 e. The van der Waals surface area contributed by atoms with Crippen molar-refractivity contribution < 1.29 is 14.8 Å². The molecule has 0 aliphatic rings. The van der Waals surface area contributed by atoms with Gasteiger partial charge >= 0.3 is 0 Å².